The molecule has 0 bridgehead atoms. The van der Waals surface area contributed by atoms with Crippen molar-refractivity contribution in [3.63, 3.8) is 0 Å². The van der Waals surface area contributed by atoms with E-state index < -0.39 is 48.7 Å². The summed E-state index contributed by atoms with van der Waals surface area (Å²) in [6, 6.07) is 2.38. The Morgan fingerprint density at radius 2 is 2.02 bits per heavy atom. The summed E-state index contributed by atoms with van der Waals surface area (Å²) in [6.07, 6.45) is 5.31. The van der Waals surface area contributed by atoms with Crippen LogP contribution in [0.5, 0.6) is 5.88 Å². The average molecular weight is 570 g/mol. The number of carbonyl (C=O) groups excluding carboxylic acids is 2. The highest BCUT2D eigenvalue weighted by Gasteiger charge is 2.51. The molecule has 41 heavy (non-hydrogen) atoms. The molecule has 2 atom stereocenters. The van der Waals surface area contributed by atoms with E-state index in [0.29, 0.717) is 23.3 Å². The van der Waals surface area contributed by atoms with Crippen molar-refractivity contribution in [2.24, 2.45) is 5.92 Å². The molecule has 4 aromatic heterocycles. The topological polar surface area (TPSA) is 146 Å². The van der Waals surface area contributed by atoms with E-state index in [1.165, 1.54) is 24.5 Å². The first-order valence-electron chi connectivity index (χ1n) is 12.9. The highest BCUT2D eigenvalue weighted by atomic mass is 19.3. The van der Waals surface area contributed by atoms with Gasteiger partial charge in [-0.15, -0.1) is 0 Å². The monoisotopic (exact) mass is 569 g/mol. The fraction of sp³-hybridized carbons (Fsp3) is 0.385. The Balaban J connectivity index is 1.26. The second-order valence-electron chi connectivity index (χ2n) is 10.3. The summed E-state index contributed by atoms with van der Waals surface area (Å²) in [6.45, 7) is 0.0317. The quantitative estimate of drug-likeness (QED) is 0.344. The Bertz CT molecular complexity index is 1620. The summed E-state index contributed by atoms with van der Waals surface area (Å²) in [5.74, 6) is -4.60. The van der Waals surface area contributed by atoms with Gasteiger partial charge in [0.25, 0.3) is 5.91 Å². The number of hydrogen-bond donors (Lipinski definition) is 2. The number of hydrogen-bond acceptors (Lipinski definition) is 8. The lowest BCUT2D eigenvalue weighted by atomic mass is 9.80. The molecule has 1 aliphatic carbocycles. The number of carbonyl (C=O) groups is 2. The molecule has 2 fully saturated rings. The number of pyridine rings is 1. The fourth-order valence-electron chi connectivity index (χ4n) is 5.39. The van der Waals surface area contributed by atoms with Crippen LogP contribution in [0, 0.1) is 5.92 Å². The third kappa shape index (κ3) is 4.91. The number of alkyl halides is 3. The summed E-state index contributed by atoms with van der Waals surface area (Å²) in [7, 11) is 1.35. The molecule has 0 spiro atoms. The number of methoxy groups -OCH3 is 1. The van der Waals surface area contributed by atoms with Crippen LogP contribution < -0.4 is 15.8 Å². The van der Waals surface area contributed by atoms with Gasteiger partial charge in [-0.2, -0.15) is 5.10 Å². The highest BCUT2D eigenvalue weighted by molar-refractivity contribution is 5.98. The van der Waals surface area contributed by atoms with Gasteiger partial charge in [-0.1, -0.05) is 0 Å². The Hall–Kier alpha value is -4.69. The molecule has 0 radical (unpaired) electrons. The van der Waals surface area contributed by atoms with E-state index >= 15 is 0 Å². The molecule has 6 rings (SSSR count). The van der Waals surface area contributed by atoms with Crippen LogP contribution in [0.1, 0.15) is 28.8 Å². The van der Waals surface area contributed by atoms with Crippen LogP contribution >= 0.6 is 0 Å². The summed E-state index contributed by atoms with van der Waals surface area (Å²) in [4.78, 5) is 39.6. The van der Waals surface area contributed by atoms with E-state index in [0.717, 1.165) is 5.56 Å². The first-order valence-corrected chi connectivity index (χ1v) is 12.9. The van der Waals surface area contributed by atoms with Gasteiger partial charge in [-0.25, -0.2) is 32.6 Å². The SMILES string of the molecule is COc1ncc(-c2cc(Cn3ccnc3)c3c(N)ncnn23)cc1C(=O)N[C@@H]1CN(C(=O)C2CC(F)(F)C2)C[C@@H]1F. The van der Waals surface area contributed by atoms with Crippen LogP contribution in [0.3, 0.4) is 0 Å². The van der Waals surface area contributed by atoms with Crippen molar-refractivity contribution in [3.8, 4) is 17.1 Å². The van der Waals surface area contributed by atoms with E-state index in [9.17, 15) is 22.8 Å². The van der Waals surface area contributed by atoms with Gasteiger partial charge in [0, 0.05) is 55.0 Å². The molecule has 1 saturated carbocycles. The van der Waals surface area contributed by atoms with Crippen molar-refractivity contribution in [1.82, 2.24) is 39.3 Å². The summed E-state index contributed by atoms with van der Waals surface area (Å²) in [5, 5.41) is 6.96. The zero-order valence-electron chi connectivity index (χ0n) is 21.9. The Labute approximate surface area is 231 Å². The predicted molar refractivity (Wildman–Crippen MR) is 139 cm³/mol. The molecule has 0 aromatic carbocycles. The number of anilines is 1. The first kappa shape index (κ1) is 26.5. The lowest BCUT2D eigenvalue weighted by Crippen LogP contribution is -2.47. The normalized spacial score (nSPS) is 20.2. The summed E-state index contributed by atoms with van der Waals surface area (Å²) in [5.41, 5.74) is 8.69. The maximum Gasteiger partial charge on any atom is 0.257 e. The number of halogens is 3. The number of nitrogens with zero attached hydrogens (tertiary/aromatic N) is 7. The molecule has 2 aliphatic rings. The van der Waals surface area contributed by atoms with Gasteiger partial charge in [0.1, 0.15) is 23.6 Å². The zero-order valence-corrected chi connectivity index (χ0v) is 21.9. The molecule has 12 nitrogen and oxygen atoms in total. The van der Waals surface area contributed by atoms with Gasteiger partial charge in [0.05, 0.1) is 38.3 Å². The largest absolute Gasteiger partial charge is 0.480 e. The maximum atomic E-state index is 14.9. The van der Waals surface area contributed by atoms with E-state index in [1.807, 2.05) is 10.6 Å². The van der Waals surface area contributed by atoms with Crippen molar-refractivity contribution in [2.45, 2.75) is 37.5 Å². The van der Waals surface area contributed by atoms with Crippen LogP contribution in [0.2, 0.25) is 0 Å². The van der Waals surface area contributed by atoms with Crippen LogP contribution in [0.4, 0.5) is 19.0 Å². The van der Waals surface area contributed by atoms with Crippen molar-refractivity contribution in [2.75, 3.05) is 25.9 Å². The highest BCUT2D eigenvalue weighted by Crippen LogP contribution is 2.43. The number of amides is 2. The number of ether oxygens (including phenoxy) is 1. The zero-order chi connectivity index (χ0) is 28.9. The van der Waals surface area contributed by atoms with Gasteiger partial charge < -0.3 is 25.3 Å². The van der Waals surface area contributed by atoms with Crippen molar-refractivity contribution < 1.29 is 27.5 Å². The Morgan fingerprint density at radius 3 is 2.73 bits per heavy atom. The Kier molecular flexibility index (Phi) is 6.50. The number of imidazole rings is 1. The van der Waals surface area contributed by atoms with E-state index in [1.54, 1.807) is 29.3 Å². The van der Waals surface area contributed by atoms with Crippen LogP contribution in [-0.4, -0.2) is 84.2 Å². The minimum atomic E-state index is -2.86. The standard InChI is InChI=1S/C26H26F3N9O3/c1-41-24-17(23(39)35-19-11-37(10-18(19)27)25(40)16-6-26(28,29)7-16)4-14(8-32-24)20-5-15(9-36-3-2-31-13-36)21-22(30)33-12-34-38(20)21/h2-5,8,12-13,16,18-19H,6-7,9-11H2,1H3,(H,35,39)(H2,30,33,34)/t18-,19+/m0/s1. The van der Waals surface area contributed by atoms with Crippen molar-refractivity contribution in [1.29, 1.82) is 0 Å². The third-order valence-electron chi connectivity index (χ3n) is 7.47. The average Bonchev–Trinajstić information content (AvgIpc) is 3.67. The van der Waals surface area contributed by atoms with Crippen LogP contribution in [0.25, 0.3) is 16.8 Å². The second-order valence-corrected chi connectivity index (χ2v) is 10.3. The number of fused-ring (bicyclic) bond motifs is 1. The summed E-state index contributed by atoms with van der Waals surface area (Å²) >= 11 is 0. The molecule has 3 N–H and O–H groups in total. The van der Waals surface area contributed by atoms with E-state index in [2.05, 4.69) is 25.4 Å². The lowest BCUT2D eigenvalue weighted by Gasteiger charge is -2.36. The second kappa shape index (κ2) is 10.1. The molecular weight excluding hydrogens is 543 g/mol. The van der Waals surface area contributed by atoms with Gasteiger partial charge in [0.15, 0.2) is 5.82 Å². The molecule has 15 heteroatoms. The lowest BCUT2D eigenvalue weighted by molar-refractivity contribution is -0.159. The third-order valence-corrected chi connectivity index (χ3v) is 7.47. The number of likely N-dealkylation sites (tertiary alicyclic amines) is 1. The van der Waals surface area contributed by atoms with Gasteiger partial charge >= 0.3 is 0 Å². The van der Waals surface area contributed by atoms with E-state index in [4.69, 9.17) is 10.5 Å². The van der Waals surface area contributed by atoms with Gasteiger partial charge in [0.2, 0.25) is 17.7 Å². The van der Waals surface area contributed by atoms with Crippen LogP contribution in [-0.2, 0) is 11.3 Å². The van der Waals surface area contributed by atoms with Crippen molar-refractivity contribution >= 4 is 23.1 Å². The molecule has 1 saturated heterocycles. The molecule has 0 unspecified atom stereocenters. The van der Waals surface area contributed by atoms with E-state index in [-0.39, 0.29) is 30.4 Å². The number of rotatable bonds is 7. The molecule has 214 valence electrons. The molecule has 1 aliphatic heterocycles. The number of nitrogen functional groups attached to an aromatic ring is 1. The minimum absolute atomic E-state index is 0.0120. The number of nitrogens with one attached hydrogen (secondary N) is 1. The smallest absolute Gasteiger partial charge is 0.257 e. The molecule has 4 aromatic rings. The Morgan fingerprint density at radius 1 is 1.22 bits per heavy atom. The maximum absolute atomic E-state index is 14.9. The van der Waals surface area contributed by atoms with Gasteiger partial charge in [-0.05, 0) is 12.1 Å². The molecule has 5 heterocycles. The number of nitrogens with two attached hydrogens (primary N) is 1. The first-order chi connectivity index (χ1) is 19.6. The van der Waals surface area contributed by atoms with Gasteiger partial charge in [-0.3, -0.25) is 9.59 Å². The molecular formula is C26H26F3N9O3. The summed E-state index contributed by atoms with van der Waals surface area (Å²) < 4.78 is 50.1. The minimum Gasteiger partial charge on any atom is -0.480 e. The van der Waals surface area contributed by atoms with Crippen molar-refractivity contribution in [3.05, 3.63) is 54.5 Å². The number of aromatic nitrogens is 6. The predicted octanol–water partition coefficient (Wildman–Crippen LogP) is 1.95. The fourth-order valence-corrected chi connectivity index (χ4v) is 5.39. The van der Waals surface area contributed by atoms with Crippen LogP contribution in [0.15, 0.2) is 43.4 Å². The molecule has 2 amide bonds.